The number of hydrogen-bond acceptors (Lipinski definition) is 3. The van der Waals surface area contributed by atoms with Crippen LogP contribution in [0, 0.1) is 34.0 Å². The van der Waals surface area contributed by atoms with E-state index >= 15 is 0 Å². The molecule has 2 heterocycles. The Kier molecular flexibility index (Phi) is 6.56. The van der Waals surface area contributed by atoms with Gasteiger partial charge in [0.15, 0.2) is 0 Å². The maximum Gasteiger partial charge on any atom is 0.0998 e. The third-order valence-corrected chi connectivity index (χ3v) is 9.57. The number of hydrogen-bond donors (Lipinski definition) is 0. The Morgan fingerprint density at radius 1 is 0.380 bits per heavy atom. The number of aromatic nitrogens is 2. The highest BCUT2D eigenvalue weighted by Crippen LogP contribution is 2.40. The summed E-state index contributed by atoms with van der Waals surface area (Å²) in [7, 11) is 0. The highest BCUT2D eigenvalue weighted by molar-refractivity contribution is 6.11. The zero-order chi connectivity index (χ0) is 33.8. The summed E-state index contributed by atoms with van der Waals surface area (Å²) in [6, 6.07) is 57.7. The number of nitriles is 3. The maximum absolute atomic E-state index is 10.4. The van der Waals surface area contributed by atoms with Crippen molar-refractivity contribution in [2.75, 3.05) is 0 Å². The molecule has 0 saturated heterocycles. The summed E-state index contributed by atoms with van der Waals surface area (Å²) in [5, 5.41) is 34.7. The van der Waals surface area contributed by atoms with Gasteiger partial charge in [0.05, 0.1) is 62.7 Å². The van der Waals surface area contributed by atoms with Crippen LogP contribution >= 0.6 is 0 Å². The van der Waals surface area contributed by atoms with Gasteiger partial charge in [-0.25, -0.2) is 0 Å². The van der Waals surface area contributed by atoms with Crippen LogP contribution in [0.5, 0.6) is 0 Å². The summed E-state index contributed by atoms with van der Waals surface area (Å²) in [6.07, 6.45) is 0. The average molecular weight is 636 g/mol. The zero-order valence-electron chi connectivity index (χ0n) is 26.7. The minimum absolute atomic E-state index is 0.504. The molecule has 0 aliphatic carbocycles. The van der Waals surface area contributed by atoms with Crippen LogP contribution in [0.1, 0.15) is 16.7 Å². The van der Waals surface area contributed by atoms with Crippen LogP contribution in [0.25, 0.3) is 77.2 Å². The van der Waals surface area contributed by atoms with E-state index < -0.39 is 0 Å². The lowest BCUT2D eigenvalue weighted by atomic mass is 9.92. The highest BCUT2D eigenvalue weighted by Gasteiger charge is 2.20. The van der Waals surface area contributed by atoms with Gasteiger partial charge >= 0.3 is 0 Å². The van der Waals surface area contributed by atoms with Gasteiger partial charge in [-0.1, -0.05) is 72.8 Å². The zero-order valence-corrected chi connectivity index (χ0v) is 26.7. The Morgan fingerprint density at radius 2 is 0.980 bits per heavy atom. The van der Waals surface area contributed by atoms with E-state index in [9.17, 15) is 15.8 Å². The van der Waals surface area contributed by atoms with Crippen molar-refractivity contribution in [3.63, 3.8) is 0 Å². The van der Waals surface area contributed by atoms with Crippen molar-refractivity contribution < 1.29 is 0 Å². The van der Waals surface area contributed by atoms with Crippen molar-refractivity contribution in [1.29, 1.82) is 15.8 Å². The monoisotopic (exact) mass is 635 g/mol. The largest absolute Gasteiger partial charge is 0.309 e. The molecule has 9 rings (SSSR count). The molecule has 0 aliphatic rings. The summed E-state index contributed by atoms with van der Waals surface area (Å²) >= 11 is 0. The number of benzene rings is 7. The van der Waals surface area contributed by atoms with Gasteiger partial charge in [0.1, 0.15) is 0 Å². The van der Waals surface area contributed by atoms with Crippen LogP contribution in [-0.4, -0.2) is 9.13 Å². The van der Waals surface area contributed by atoms with Gasteiger partial charge in [0, 0.05) is 32.8 Å². The van der Waals surface area contributed by atoms with E-state index in [0.717, 1.165) is 77.2 Å². The standard InChI is InChI=1S/C45H25N5/c46-26-29-19-20-43-39(23-29)38-14-3-4-15-40(38)49(43)35-11-7-9-31(25-35)33-21-30(27-47)22-34(24-33)45-32(28-48)10-8-18-44(45)50-41-16-5-1-12-36(41)37-13-2-6-17-42(37)50/h1-25H. The molecule has 0 aliphatic heterocycles. The van der Waals surface area contributed by atoms with Crippen LogP contribution in [0.2, 0.25) is 0 Å². The first-order chi connectivity index (χ1) is 24.7. The quantitative estimate of drug-likeness (QED) is 0.193. The fourth-order valence-electron chi connectivity index (χ4n) is 7.45. The van der Waals surface area contributed by atoms with Crippen LogP contribution in [0.4, 0.5) is 0 Å². The molecule has 0 spiro atoms. The minimum atomic E-state index is 0.504. The van der Waals surface area contributed by atoms with E-state index in [1.54, 1.807) is 0 Å². The van der Waals surface area contributed by atoms with E-state index in [-0.39, 0.29) is 0 Å². The Balaban J connectivity index is 1.26. The second kappa shape index (κ2) is 11.4. The molecular formula is C45H25N5. The molecule has 2 aromatic heterocycles. The van der Waals surface area contributed by atoms with Crippen molar-refractivity contribution in [2.45, 2.75) is 0 Å². The van der Waals surface area contributed by atoms with E-state index in [1.165, 1.54) is 0 Å². The Bertz CT molecular complexity index is 2920. The average Bonchev–Trinajstić information content (AvgIpc) is 3.70. The molecule has 0 N–H and O–H groups in total. The Labute approximate surface area is 287 Å². The molecule has 0 amide bonds. The van der Waals surface area contributed by atoms with Crippen molar-refractivity contribution in [3.05, 3.63) is 168 Å². The molecule has 9 aromatic rings. The smallest absolute Gasteiger partial charge is 0.0998 e. The summed E-state index contributed by atoms with van der Waals surface area (Å²) in [5.41, 5.74) is 11.0. The summed E-state index contributed by atoms with van der Waals surface area (Å²) in [4.78, 5) is 0. The third kappa shape index (κ3) is 4.38. The minimum Gasteiger partial charge on any atom is -0.309 e. The highest BCUT2D eigenvalue weighted by atomic mass is 15.0. The molecule has 0 saturated carbocycles. The summed E-state index contributed by atoms with van der Waals surface area (Å²) in [6.45, 7) is 0. The predicted molar refractivity (Wildman–Crippen MR) is 200 cm³/mol. The van der Waals surface area contributed by atoms with Gasteiger partial charge in [-0.15, -0.1) is 0 Å². The van der Waals surface area contributed by atoms with Crippen LogP contribution < -0.4 is 0 Å². The number of rotatable bonds is 4. The third-order valence-electron chi connectivity index (χ3n) is 9.57. The van der Waals surface area contributed by atoms with E-state index in [2.05, 4.69) is 88.0 Å². The number of para-hydroxylation sites is 3. The van der Waals surface area contributed by atoms with Gasteiger partial charge in [0.2, 0.25) is 0 Å². The van der Waals surface area contributed by atoms with E-state index in [4.69, 9.17) is 0 Å². The lowest BCUT2D eigenvalue weighted by Gasteiger charge is -2.17. The van der Waals surface area contributed by atoms with E-state index in [1.807, 2.05) is 91.0 Å². The molecule has 0 unspecified atom stereocenters. The summed E-state index contributed by atoms with van der Waals surface area (Å²) < 4.78 is 4.44. The van der Waals surface area contributed by atoms with Gasteiger partial charge < -0.3 is 9.13 Å². The SMILES string of the molecule is N#Cc1cc(-c2cccc(-n3c4ccccc4c4cc(C#N)ccc43)c2)cc(-c2c(C#N)cccc2-n2c3ccccc3c3ccccc32)c1. The molecular weight excluding hydrogens is 611 g/mol. The van der Waals surface area contributed by atoms with Gasteiger partial charge in [-0.3, -0.25) is 0 Å². The van der Waals surface area contributed by atoms with Crippen LogP contribution in [0.15, 0.2) is 152 Å². The molecule has 5 nitrogen and oxygen atoms in total. The fourth-order valence-corrected chi connectivity index (χ4v) is 7.45. The Hall–Kier alpha value is -7.39. The molecule has 230 valence electrons. The first-order valence-corrected chi connectivity index (χ1v) is 16.3. The first kappa shape index (κ1) is 28.8. The second-order valence-electron chi connectivity index (χ2n) is 12.3. The van der Waals surface area contributed by atoms with Crippen molar-refractivity contribution >= 4 is 43.6 Å². The Morgan fingerprint density at radius 3 is 1.66 bits per heavy atom. The number of nitrogens with zero attached hydrogens (tertiary/aromatic N) is 5. The van der Waals surface area contributed by atoms with Gasteiger partial charge in [-0.05, 0) is 95.6 Å². The maximum atomic E-state index is 10.4. The molecule has 50 heavy (non-hydrogen) atoms. The second-order valence-corrected chi connectivity index (χ2v) is 12.3. The van der Waals surface area contributed by atoms with E-state index in [0.29, 0.717) is 16.7 Å². The molecule has 7 aromatic carbocycles. The summed E-state index contributed by atoms with van der Waals surface area (Å²) in [5.74, 6) is 0. The molecule has 0 fully saturated rings. The van der Waals surface area contributed by atoms with Crippen molar-refractivity contribution in [1.82, 2.24) is 9.13 Å². The molecule has 0 atom stereocenters. The van der Waals surface area contributed by atoms with Gasteiger partial charge in [-0.2, -0.15) is 15.8 Å². The normalized spacial score (nSPS) is 11.1. The lowest BCUT2D eigenvalue weighted by Crippen LogP contribution is -2.00. The fraction of sp³-hybridized carbons (Fsp3) is 0. The van der Waals surface area contributed by atoms with Crippen molar-refractivity contribution in [2.24, 2.45) is 0 Å². The lowest BCUT2D eigenvalue weighted by molar-refractivity contribution is 1.18. The van der Waals surface area contributed by atoms with Crippen LogP contribution in [-0.2, 0) is 0 Å². The van der Waals surface area contributed by atoms with Crippen molar-refractivity contribution in [3.8, 4) is 51.8 Å². The molecule has 0 bridgehead atoms. The molecule has 0 radical (unpaired) electrons. The predicted octanol–water partition coefficient (Wildman–Crippen LogP) is 10.8. The topological polar surface area (TPSA) is 81.2 Å². The van der Waals surface area contributed by atoms with Crippen LogP contribution in [0.3, 0.4) is 0 Å². The first-order valence-electron chi connectivity index (χ1n) is 16.3. The number of fused-ring (bicyclic) bond motifs is 6. The van der Waals surface area contributed by atoms with Gasteiger partial charge in [0.25, 0.3) is 0 Å². The molecule has 5 heteroatoms.